The first kappa shape index (κ1) is 14.3. The number of anilines is 1. The SMILES string of the molecule is c1ccc(-c2cc3ccccc3c(NC3CCCCC3)n2)cc1. The zero-order chi connectivity index (χ0) is 15.5. The van der Waals surface area contributed by atoms with Crippen LogP contribution in [0, 0.1) is 0 Å². The standard InChI is InChI=1S/C21H22N2/c1-3-9-16(10-4-1)20-15-17-11-7-8-14-19(17)21(23-20)22-18-12-5-2-6-13-18/h1,3-4,7-11,14-15,18H,2,5-6,12-13H2,(H,22,23). The Bertz CT molecular complexity index is 789. The van der Waals surface area contributed by atoms with Gasteiger partial charge in [-0.05, 0) is 24.3 Å². The van der Waals surface area contributed by atoms with Gasteiger partial charge < -0.3 is 5.32 Å². The van der Waals surface area contributed by atoms with Crippen molar-refractivity contribution in [2.45, 2.75) is 38.1 Å². The highest BCUT2D eigenvalue weighted by molar-refractivity contribution is 5.94. The maximum Gasteiger partial charge on any atom is 0.134 e. The average Bonchev–Trinajstić information content (AvgIpc) is 2.63. The number of nitrogens with one attached hydrogen (secondary N) is 1. The predicted octanol–water partition coefficient (Wildman–Crippen LogP) is 5.65. The summed E-state index contributed by atoms with van der Waals surface area (Å²) in [4.78, 5) is 4.95. The van der Waals surface area contributed by atoms with Crippen LogP contribution in [0.5, 0.6) is 0 Å². The highest BCUT2D eigenvalue weighted by Crippen LogP contribution is 2.30. The monoisotopic (exact) mass is 302 g/mol. The molecule has 1 saturated carbocycles. The average molecular weight is 302 g/mol. The summed E-state index contributed by atoms with van der Waals surface area (Å²) in [5.41, 5.74) is 2.22. The molecule has 4 rings (SSSR count). The van der Waals surface area contributed by atoms with Gasteiger partial charge in [-0.25, -0.2) is 4.98 Å². The number of benzene rings is 2. The van der Waals surface area contributed by atoms with Crippen LogP contribution in [0.1, 0.15) is 32.1 Å². The van der Waals surface area contributed by atoms with E-state index in [1.54, 1.807) is 0 Å². The third-order valence-corrected chi connectivity index (χ3v) is 4.76. The van der Waals surface area contributed by atoms with Gasteiger partial charge in [0, 0.05) is 17.0 Å². The van der Waals surface area contributed by atoms with E-state index in [4.69, 9.17) is 4.98 Å². The van der Waals surface area contributed by atoms with Crippen molar-refractivity contribution in [3.05, 3.63) is 60.7 Å². The topological polar surface area (TPSA) is 24.9 Å². The van der Waals surface area contributed by atoms with E-state index in [-0.39, 0.29) is 0 Å². The number of rotatable bonds is 3. The molecule has 1 aliphatic carbocycles. The Labute approximate surface area is 137 Å². The Morgan fingerprint density at radius 1 is 0.826 bits per heavy atom. The number of nitrogens with zero attached hydrogens (tertiary/aromatic N) is 1. The lowest BCUT2D eigenvalue weighted by molar-refractivity contribution is 0.462. The van der Waals surface area contributed by atoms with Gasteiger partial charge in [-0.3, -0.25) is 0 Å². The Kier molecular flexibility index (Phi) is 3.97. The Morgan fingerprint density at radius 2 is 1.57 bits per heavy atom. The summed E-state index contributed by atoms with van der Waals surface area (Å²) in [5, 5.41) is 6.19. The molecule has 0 unspecified atom stereocenters. The van der Waals surface area contributed by atoms with Crippen LogP contribution in [-0.2, 0) is 0 Å². The summed E-state index contributed by atoms with van der Waals surface area (Å²) >= 11 is 0. The molecule has 2 heteroatoms. The van der Waals surface area contributed by atoms with Crippen molar-refractivity contribution in [2.75, 3.05) is 5.32 Å². The third kappa shape index (κ3) is 3.07. The summed E-state index contributed by atoms with van der Waals surface area (Å²) in [7, 11) is 0. The molecule has 0 atom stereocenters. The molecule has 0 amide bonds. The zero-order valence-electron chi connectivity index (χ0n) is 13.3. The lowest BCUT2D eigenvalue weighted by Crippen LogP contribution is -2.23. The highest BCUT2D eigenvalue weighted by atomic mass is 15.0. The van der Waals surface area contributed by atoms with Gasteiger partial charge in [0.1, 0.15) is 5.82 Å². The summed E-state index contributed by atoms with van der Waals surface area (Å²) in [6.07, 6.45) is 6.54. The molecule has 3 aromatic rings. The largest absolute Gasteiger partial charge is 0.367 e. The fourth-order valence-corrected chi connectivity index (χ4v) is 3.51. The fourth-order valence-electron chi connectivity index (χ4n) is 3.51. The predicted molar refractivity (Wildman–Crippen MR) is 97.7 cm³/mol. The Balaban J connectivity index is 1.77. The van der Waals surface area contributed by atoms with E-state index < -0.39 is 0 Å². The molecule has 0 radical (unpaired) electrons. The summed E-state index contributed by atoms with van der Waals surface area (Å²) in [6, 6.07) is 21.7. The van der Waals surface area contributed by atoms with E-state index >= 15 is 0 Å². The molecule has 2 nitrogen and oxygen atoms in total. The van der Waals surface area contributed by atoms with Gasteiger partial charge in [0.05, 0.1) is 5.69 Å². The van der Waals surface area contributed by atoms with Crippen LogP contribution < -0.4 is 5.32 Å². The van der Waals surface area contributed by atoms with Crippen molar-refractivity contribution in [2.24, 2.45) is 0 Å². The van der Waals surface area contributed by atoms with Gasteiger partial charge in [-0.1, -0.05) is 73.9 Å². The number of pyridine rings is 1. The second-order valence-electron chi connectivity index (χ2n) is 6.42. The number of hydrogen-bond acceptors (Lipinski definition) is 2. The van der Waals surface area contributed by atoms with E-state index in [0.717, 1.165) is 11.5 Å². The normalized spacial score (nSPS) is 15.7. The summed E-state index contributed by atoms with van der Waals surface area (Å²) in [6.45, 7) is 0. The van der Waals surface area contributed by atoms with Crippen LogP contribution in [0.4, 0.5) is 5.82 Å². The van der Waals surface area contributed by atoms with Crippen molar-refractivity contribution >= 4 is 16.6 Å². The molecule has 1 aliphatic rings. The van der Waals surface area contributed by atoms with Gasteiger partial charge >= 0.3 is 0 Å². The molecular weight excluding hydrogens is 280 g/mol. The molecule has 0 bridgehead atoms. The third-order valence-electron chi connectivity index (χ3n) is 4.76. The molecule has 0 aliphatic heterocycles. The Morgan fingerprint density at radius 3 is 2.39 bits per heavy atom. The highest BCUT2D eigenvalue weighted by Gasteiger charge is 2.15. The second-order valence-corrected chi connectivity index (χ2v) is 6.42. The maximum absolute atomic E-state index is 4.95. The van der Waals surface area contributed by atoms with Crippen LogP contribution in [0.25, 0.3) is 22.0 Å². The van der Waals surface area contributed by atoms with Crippen molar-refractivity contribution in [1.82, 2.24) is 4.98 Å². The maximum atomic E-state index is 4.95. The van der Waals surface area contributed by atoms with Crippen molar-refractivity contribution in [1.29, 1.82) is 0 Å². The van der Waals surface area contributed by atoms with Crippen LogP contribution in [0.3, 0.4) is 0 Å². The van der Waals surface area contributed by atoms with Gasteiger partial charge in [0.2, 0.25) is 0 Å². The van der Waals surface area contributed by atoms with Gasteiger partial charge in [-0.2, -0.15) is 0 Å². The first-order chi connectivity index (χ1) is 11.4. The number of hydrogen-bond donors (Lipinski definition) is 1. The molecular formula is C21H22N2. The number of fused-ring (bicyclic) bond motifs is 1. The molecule has 23 heavy (non-hydrogen) atoms. The van der Waals surface area contributed by atoms with Gasteiger partial charge in [-0.15, -0.1) is 0 Å². The number of aromatic nitrogens is 1. The Hall–Kier alpha value is -2.35. The first-order valence-corrected chi connectivity index (χ1v) is 8.62. The van der Waals surface area contributed by atoms with E-state index in [2.05, 4.69) is 59.9 Å². The molecule has 1 fully saturated rings. The molecule has 1 N–H and O–H groups in total. The van der Waals surface area contributed by atoms with Crippen molar-refractivity contribution in [3.8, 4) is 11.3 Å². The van der Waals surface area contributed by atoms with Crippen molar-refractivity contribution < 1.29 is 0 Å². The van der Waals surface area contributed by atoms with E-state index in [1.165, 1.54) is 48.4 Å². The van der Waals surface area contributed by atoms with Crippen LogP contribution in [0.15, 0.2) is 60.7 Å². The molecule has 0 spiro atoms. The minimum atomic E-state index is 0.561. The van der Waals surface area contributed by atoms with Crippen molar-refractivity contribution in [3.63, 3.8) is 0 Å². The smallest absolute Gasteiger partial charge is 0.134 e. The van der Waals surface area contributed by atoms with Crippen LogP contribution in [-0.4, -0.2) is 11.0 Å². The van der Waals surface area contributed by atoms with E-state index in [1.807, 2.05) is 6.07 Å². The molecule has 1 heterocycles. The molecule has 0 saturated heterocycles. The summed E-state index contributed by atoms with van der Waals surface area (Å²) in [5.74, 6) is 1.04. The summed E-state index contributed by atoms with van der Waals surface area (Å²) < 4.78 is 0. The van der Waals surface area contributed by atoms with E-state index in [9.17, 15) is 0 Å². The van der Waals surface area contributed by atoms with Crippen LogP contribution >= 0.6 is 0 Å². The lowest BCUT2D eigenvalue weighted by atomic mass is 9.95. The minimum Gasteiger partial charge on any atom is -0.367 e. The molecule has 1 aromatic heterocycles. The fraction of sp³-hybridized carbons (Fsp3) is 0.286. The lowest BCUT2D eigenvalue weighted by Gasteiger charge is -2.24. The van der Waals surface area contributed by atoms with Gasteiger partial charge in [0.15, 0.2) is 0 Å². The zero-order valence-corrected chi connectivity index (χ0v) is 13.3. The van der Waals surface area contributed by atoms with E-state index in [0.29, 0.717) is 6.04 Å². The van der Waals surface area contributed by atoms with Crippen LogP contribution in [0.2, 0.25) is 0 Å². The molecule has 2 aromatic carbocycles. The second kappa shape index (κ2) is 6.41. The van der Waals surface area contributed by atoms with Gasteiger partial charge in [0.25, 0.3) is 0 Å². The quantitative estimate of drug-likeness (QED) is 0.676. The first-order valence-electron chi connectivity index (χ1n) is 8.62. The minimum absolute atomic E-state index is 0.561. The molecule has 116 valence electrons.